The SMILES string of the molecule is C1=C\[C@H]2O[C@H]3CCCO[C@@H]3CCC[C@@H]2O[C@@H]2CCCO[C@H]2C/1. The van der Waals surface area contributed by atoms with E-state index >= 15 is 0 Å². The van der Waals surface area contributed by atoms with Crippen molar-refractivity contribution in [1.82, 2.24) is 0 Å². The predicted octanol–water partition coefficient (Wildman–Crippen LogP) is 3.00. The van der Waals surface area contributed by atoms with Crippen molar-refractivity contribution in [3.63, 3.8) is 0 Å². The van der Waals surface area contributed by atoms with Gasteiger partial charge in [-0.2, -0.15) is 0 Å². The van der Waals surface area contributed by atoms with Crippen molar-refractivity contribution in [3.8, 4) is 0 Å². The second-order valence-electron chi connectivity index (χ2n) is 7.05. The van der Waals surface area contributed by atoms with Gasteiger partial charge in [0, 0.05) is 13.2 Å². The zero-order valence-corrected chi connectivity index (χ0v) is 13.3. The van der Waals surface area contributed by atoms with E-state index in [1.54, 1.807) is 0 Å². The average molecular weight is 308 g/mol. The highest BCUT2D eigenvalue weighted by atomic mass is 16.6. The zero-order chi connectivity index (χ0) is 14.8. The molecule has 0 N–H and O–H groups in total. The van der Waals surface area contributed by atoms with Gasteiger partial charge in [0.1, 0.15) is 6.10 Å². The summed E-state index contributed by atoms with van der Waals surface area (Å²) in [7, 11) is 0. The summed E-state index contributed by atoms with van der Waals surface area (Å²) in [5, 5.41) is 0. The van der Waals surface area contributed by atoms with Crippen molar-refractivity contribution >= 4 is 0 Å². The maximum Gasteiger partial charge on any atom is 0.102 e. The smallest absolute Gasteiger partial charge is 0.102 e. The molecule has 0 bridgehead atoms. The highest BCUT2D eigenvalue weighted by Gasteiger charge is 2.37. The Morgan fingerprint density at radius 1 is 0.636 bits per heavy atom. The Kier molecular flexibility index (Phi) is 4.81. The van der Waals surface area contributed by atoms with Crippen molar-refractivity contribution in [2.24, 2.45) is 0 Å². The molecule has 4 heteroatoms. The third kappa shape index (κ3) is 3.25. The van der Waals surface area contributed by atoms with Gasteiger partial charge in [0.2, 0.25) is 0 Å². The van der Waals surface area contributed by atoms with E-state index in [-0.39, 0.29) is 30.5 Å². The maximum absolute atomic E-state index is 6.47. The second kappa shape index (κ2) is 7.00. The summed E-state index contributed by atoms with van der Waals surface area (Å²) in [5.74, 6) is 0. The standard InChI is InChI=1S/C18H28O4/c1-5-13-15(9-3-11-19-13)22-18-8-2-6-14-16(10-4-12-20-14)21-17(18)7-1/h1,7,13-18H,2-6,8-12H2/b7-1-/t13-,14+,15+,16-,17+,18-/m0/s1. The lowest BCUT2D eigenvalue weighted by Gasteiger charge is -2.42. The van der Waals surface area contributed by atoms with Gasteiger partial charge < -0.3 is 18.9 Å². The average Bonchev–Trinajstić information content (AvgIpc) is 2.52. The van der Waals surface area contributed by atoms with Crippen LogP contribution in [0.25, 0.3) is 0 Å². The van der Waals surface area contributed by atoms with Gasteiger partial charge in [-0.25, -0.2) is 0 Å². The summed E-state index contributed by atoms with van der Waals surface area (Å²) in [6.07, 6.45) is 14.5. The summed E-state index contributed by atoms with van der Waals surface area (Å²) in [5.41, 5.74) is 0. The van der Waals surface area contributed by atoms with Crippen LogP contribution in [-0.2, 0) is 18.9 Å². The highest BCUT2D eigenvalue weighted by Crippen LogP contribution is 2.32. The monoisotopic (exact) mass is 308 g/mol. The van der Waals surface area contributed by atoms with Gasteiger partial charge in [0.15, 0.2) is 0 Å². The minimum atomic E-state index is 0.0809. The van der Waals surface area contributed by atoms with Crippen LogP contribution >= 0.6 is 0 Å². The minimum Gasteiger partial charge on any atom is -0.376 e. The van der Waals surface area contributed by atoms with Crippen LogP contribution in [0.1, 0.15) is 51.4 Å². The minimum absolute atomic E-state index is 0.0809. The molecule has 0 unspecified atom stereocenters. The van der Waals surface area contributed by atoms with Crippen LogP contribution < -0.4 is 0 Å². The lowest BCUT2D eigenvalue weighted by atomic mass is 9.93. The number of ether oxygens (including phenoxy) is 4. The largest absolute Gasteiger partial charge is 0.376 e. The molecule has 0 aromatic carbocycles. The van der Waals surface area contributed by atoms with Crippen LogP contribution in [0.4, 0.5) is 0 Å². The molecule has 4 aliphatic heterocycles. The van der Waals surface area contributed by atoms with Crippen LogP contribution in [0.15, 0.2) is 12.2 Å². The van der Waals surface area contributed by atoms with Crippen molar-refractivity contribution in [2.45, 2.75) is 88.0 Å². The summed E-state index contributed by atoms with van der Waals surface area (Å²) >= 11 is 0. The van der Waals surface area contributed by atoms with Gasteiger partial charge in [-0.1, -0.05) is 12.2 Å². The fourth-order valence-corrected chi connectivity index (χ4v) is 4.29. The summed E-state index contributed by atoms with van der Waals surface area (Å²) < 4.78 is 24.7. The summed E-state index contributed by atoms with van der Waals surface area (Å²) in [4.78, 5) is 0. The van der Waals surface area contributed by atoms with E-state index < -0.39 is 0 Å². The second-order valence-corrected chi connectivity index (χ2v) is 7.05. The third-order valence-electron chi connectivity index (χ3n) is 5.48. The molecule has 3 saturated heterocycles. The summed E-state index contributed by atoms with van der Waals surface area (Å²) in [6, 6.07) is 0. The van der Waals surface area contributed by atoms with Crippen molar-refractivity contribution in [2.75, 3.05) is 13.2 Å². The first kappa shape index (κ1) is 15.1. The van der Waals surface area contributed by atoms with E-state index in [0.29, 0.717) is 6.10 Å². The first-order valence-electron chi connectivity index (χ1n) is 9.11. The van der Waals surface area contributed by atoms with E-state index in [0.717, 1.165) is 64.6 Å². The van der Waals surface area contributed by atoms with E-state index in [2.05, 4.69) is 12.2 Å². The third-order valence-corrected chi connectivity index (χ3v) is 5.48. The summed E-state index contributed by atoms with van der Waals surface area (Å²) in [6.45, 7) is 1.77. The molecule has 6 atom stereocenters. The Labute approximate surface area is 133 Å². The molecule has 0 saturated carbocycles. The number of rotatable bonds is 0. The van der Waals surface area contributed by atoms with E-state index in [4.69, 9.17) is 18.9 Å². The van der Waals surface area contributed by atoms with Gasteiger partial charge >= 0.3 is 0 Å². The van der Waals surface area contributed by atoms with Crippen LogP contribution in [0, 0.1) is 0 Å². The molecule has 0 aromatic rings. The van der Waals surface area contributed by atoms with Crippen molar-refractivity contribution in [1.29, 1.82) is 0 Å². The van der Waals surface area contributed by atoms with Gasteiger partial charge in [-0.15, -0.1) is 0 Å². The molecule has 4 rings (SSSR count). The quantitative estimate of drug-likeness (QED) is 0.645. The van der Waals surface area contributed by atoms with Crippen LogP contribution in [0.2, 0.25) is 0 Å². The normalized spacial score (nSPS) is 47.6. The molecule has 0 aliphatic carbocycles. The van der Waals surface area contributed by atoms with Crippen molar-refractivity contribution < 1.29 is 18.9 Å². The Morgan fingerprint density at radius 2 is 1.32 bits per heavy atom. The lowest BCUT2D eigenvalue weighted by molar-refractivity contribution is -0.194. The molecular formula is C18H28O4. The van der Waals surface area contributed by atoms with Gasteiger partial charge in [-0.05, 0) is 51.4 Å². The molecular weight excluding hydrogens is 280 g/mol. The van der Waals surface area contributed by atoms with E-state index in [1.807, 2.05) is 0 Å². The Morgan fingerprint density at radius 3 is 2.18 bits per heavy atom. The molecule has 3 fully saturated rings. The molecule has 124 valence electrons. The number of fused-ring (bicyclic) bond motifs is 3. The van der Waals surface area contributed by atoms with E-state index in [9.17, 15) is 0 Å². The maximum atomic E-state index is 6.47. The predicted molar refractivity (Wildman–Crippen MR) is 82.9 cm³/mol. The lowest BCUT2D eigenvalue weighted by Crippen LogP contribution is -2.48. The van der Waals surface area contributed by atoms with Crippen LogP contribution in [0.3, 0.4) is 0 Å². The fourth-order valence-electron chi connectivity index (χ4n) is 4.29. The van der Waals surface area contributed by atoms with Crippen LogP contribution in [-0.4, -0.2) is 49.8 Å². The Hall–Kier alpha value is -0.420. The van der Waals surface area contributed by atoms with E-state index in [1.165, 1.54) is 0 Å². The zero-order valence-electron chi connectivity index (χ0n) is 13.3. The molecule has 4 nitrogen and oxygen atoms in total. The van der Waals surface area contributed by atoms with Crippen molar-refractivity contribution in [3.05, 3.63) is 12.2 Å². The molecule has 4 heterocycles. The van der Waals surface area contributed by atoms with Gasteiger partial charge in [0.25, 0.3) is 0 Å². The topological polar surface area (TPSA) is 36.9 Å². The van der Waals surface area contributed by atoms with Crippen LogP contribution in [0.5, 0.6) is 0 Å². The van der Waals surface area contributed by atoms with Gasteiger partial charge in [0.05, 0.1) is 30.5 Å². The molecule has 0 radical (unpaired) electrons. The Bertz CT molecular complexity index is 397. The first-order valence-corrected chi connectivity index (χ1v) is 9.11. The fraction of sp³-hybridized carbons (Fsp3) is 0.889. The Balaban J connectivity index is 1.50. The highest BCUT2D eigenvalue weighted by molar-refractivity contribution is 5.01. The number of hydrogen-bond acceptors (Lipinski definition) is 4. The molecule has 0 aromatic heterocycles. The number of hydrogen-bond donors (Lipinski definition) is 0. The molecule has 0 amide bonds. The molecule has 4 aliphatic rings. The first-order chi connectivity index (χ1) is 10.9. The molecule has 22 heavy (non-hydrogen) atoms. The molecule has 0 spiro atoms. The van der Waals surface area contributed by atoms with Gasteiger partial charge in [-0.3, -0.25) is 0 Å².